The third kappa shape index (κ3) is 3.75. The van der Waals surface area contributed by atoms with Gasteiger partial charge in [-0.25, -0.2) is 4.98 Å². The Bertz CT molecular complexity index is 709. The van der Waals surface area contributed by atoms with Crippen LogP contribution >= 0.6 is 0 Å². The first-order valence-corrected chi connectivity index (χ1v) is 9.02. The highest BCUT2D eigenvalue weighted by Crippen LogP contribution is 2.20. The average Bonchev–Trinajstić information content (AvgIpc) is 3.33. The van der Waals surface area contributed by atoms with E-state index in [1.165, 1.54) is 0 Å². The number of carbonyl (C=O) groups is 1. The highest BCUT2D eigenvalue weighted by molar-refractivity contribution is 5.78. The Morgan fingerprint density at radius 1 is 1.20 bits per heavy atom. The summed E-state index contributed by atoms with van der Waals surface area (Å²) in [5.41, 5.74) is 1.63. The Morgan fingerprint density at radius 3 is 2.80 bits per heavy atom. The van der Waals surface area contributed by atoms with Crippen LogP contribution in [0.4, 0.5) is 0 Å². The maximum absolute atomic E-state index is 12.6. The van der Waals surface area contributed by atoms with E-state index < -0.39 is 0 Å². The molecule has 6 heteroatoms. The molecule has 0 saturated carbocycles. The molecule has 6 nitrogen and oxygen atoms in total. The standard InChI is InChI=1S/C19H24N4O2/c24-18(23-9-6-17(13-23)22-10-7-20-8-11-22)12-16-14-25-19(21-16)15-4-2-1-3-5-15/h1-5,14,17,20H,6-13H2. The van der Waals surface area contributed by atoms with Crippen LogP contribution in [0.1, 0.15) is 12.1 Å². The normalized spacial score (nSPS) is 21.6. The van der Waals surface area contributed by atoms with Crippen LogP contribution < -0.4 is 5.32 Å². The first-order valence-electron chi connectivity index (χ1n) is 9.02. The number of amides is 1. The zero-order valence-electron chi connectivity index (χ0n) is 14.4. The van der Waals surface area contributed by atoms with Gasteiger partial charge in [0.25, 0.3) is 0 Å². The van der Waals surface area contributed by atoms with E-state index in [0.29, 0.717) is 24.0 Å². The van der Waals surface area contributed by atoms with Gasteiger partial charge in [-0.05, 0) is 18.6 Å². The molecule has 1 aromatic carbocycles. The summed E-state index contributed by atoms with van der Waals surface area (Å²) in [5, 5.41) is 3.38. The summed E-state index contributed by atoms with van der Waals surface area (Å²) in [6, 6.07) is 10.3. The van der Waals surface area contributed by atoms with E-state index in [-0.39, 0.29) is 5.91 Å². The van der Waals surface area contributed by atoms with Crippen LogP contribution in [0.3, 0.4) is 0 Å². The number of carbonyl (C=O) groups excluding carboxylic acids is 1. The minimum Gasteiger partial charge on any atom is -0.444 e. The molecular formula is C19H24N4O2. The topological polar surface area (TPSA) is 61.6 Å². The number of hydrogen-bond donors (Lipinski definition) is 1. The molecule has 1 aromatic heterocycles. The lowest BCUT2D eigenvalue weighted by molar-refractivity contribution is -0.129. The van der Waals surface area contributed by atoms with E-state index in [0.717, 1.165) is 51.3 Å². The number of likely N-dealkylation sites (tertiary alicyclic amines) is 1. The Labute approximate surface area is 147 Å². The van der Waals surface area contributed by atoms with Crippen LogP contribution in [-0.2, 0) is 11.2 Å². The van der Waals surface area contributed by atoms with Crippen LogP contribution in [-0.4, -0.2) is 66.0 Å². The summed E-state index contributed by atoms with van der Waals surface area (Å²) < 4.78 is 5.53. The zero-order valence-corrected chi connectivity index (χ0v) is 14.4. The highest BCUT2D eigenvalue weighted by Gasteiger charge is 2.31. The second-order valence-corrected chi connectivity index (χ2v) is 6.76. The van der Waals surface area contributed by atoms with Crippen LogP contribution in [0.15, 0.2) is 41.0 Å². The number of nitrogens with one attached hydrogen (secondary N) is 1. The van der Waals surface area contributed by atoms with Crippen LogP contribution in [0.25, 0.3) is 11.5 Å². The van der Waals surface area contributed by atoms with Crippen molar-refractivity contribution in [3.63, 3.8) is 0 Å². The lowest BCUT2D eigenvalue weighted by Crippen LogP contribution is -2.49. The number of piperazine rings is 1. The summed E-state index contributed by atoms with van der Waals surface area (Å²) in [6.45, 7) is 5.93. The maximum atomic E-state index is 12.6. The van der Waals surface area contributed by atoms with E-state index in [4.69, 9.17) is 4.42 Å². The second kappa shape index (κ2) is 7.37. The molecular weight excluding hydrogens is 316 g/mol. The van der Waals surface area contributed by atoms with E-state index in [1.807, 2.05) is 35.2 Å². The minimum absolute atomic E-state index is 0.144. The minimum atomic E-state index is 0.144. The van der Waals surface area contributed by atoms with Crippen molar-refractivity contribution in [2.45, 2.75) is 18.9 Å². The van der Waals surface area contributed by atoms with Crippen molar-refractivity contribution in [2.24, 2.45) is 0 Å². The molecule has 4 rings (SSSR count). The largest absolute Gasteiger partial charge is 0.444 e. The van der Waals surface area contributed by atoms with Crippen LogP contribution in [0.5, 0.6) is 0 Å². The first kappa shape index (κ1) is 16.3. The quantitative estimate of drug-likeness (QED) is 0.911. The van der Waals surface area contributed by atoms with Gasteiger partial charge in [0.1, 0.15) is 6.26 Å². The molecule has 132 valence electrons. The Hall–Kier alpha value is -2.18. The molecule has 25 heavy (non-hydrogen) atoms. The van der Waals surface area contributed by atoms with Gasteiger partial charge in [-0.15, -0.1) is 0 Å². The molecule has 3 heterocycles. The van der Waals surface area contributed by atoms with E-state index in [2.05, 4.69) is 15.2 Å². The molecule has 1 atom stereocenters. The van der Waals surface area contributed by atoms with Gasteiger partial charge in [0.05, 0.1) is 12.1 Å². The Morgan fingerprint density at radius 2 is 2.00 bits per heavy atom. The first-order chi connectivity index (χ1) is 12.3. The predicted octanol–water partition coefficient (Wildman–Crippen LogP) is 1.39. The van der Waals surface area contributed by atoms with Gasteiger partial charge in [0, 0.05) is 50.9 Å². The van der Waals surface area contributed by atoms with Gasteiger partial charge in [-0.1, -0.05) is 18.2 Å². The van der Waals surface area contributed by atoms with Crippen molar-refractivity contribution in [3.8, 4) is 11.5 Å². The molecule has 2 aromatic rings. The van der Waals surface area contributed by atoms with Crippen molar-refractivity contribution in [2.75, 3.05) is 39.3 Å². The molecule has 0 bridgehead atoms. The summed E-state index contributed by atoms with van der Waals surface area (Å²) in [4.78, 5) is 21.6. The molecule has 1 N–H and O–H groups in total. The number of benzene rings is 1. The third-order valence-corrected chi connectivity index (χ3v) is 5.09. The van der Waals surface area contributed by atoms with Crippen molar-refractivity contribution in [1.82, 2.24) is 20.1 Å². The molecule has 2 aliphatic heterocycles. The lowest BCUT2D eigenvalue weighted by Gasteiger charge is -2.32. The van der Waals surface area contributed by atoms with Gasteiger partial charge in [0.2, 0.25) is 11.8 Å². The summed E-state index contributed by atoms with van der Waals surface area (Å²) in [5.74, 6) is 0.717. The Balaban J connectivity index is 1.34. The lowest BCUT2D eigenvalue weighted by atomic mass is 10.2. The molecule has 0 spiro atoms. The van der Waals surface area contributed by atoms with E-state index in [9.17, 15) is 4.79 Å². The molecule has 2 aliphatic rings. The summed E-state index contributed by atoms with van der Waals surface area (Å²) in [7, 11) is 0. The summed E-state index contributed by atoms with van der Waals surface area (Å²) in [6.07, 6.45) is 2.98. The number of hydrogen-bond acceptors (Lipinski definition) is 5. The van der Waals surface area contributed by atoms with Crippen molar-refractivity contribution in [1.29, 1.82) is 0 Å². The smallest absolute Gasteiger partial charge is 0.228 e. The Kier molecular flexibility index (Phi) is 4.81. The maximum Gasteiger partial charge on any atom is 0.228 e. The molecule has 0 radical (unpaired) electrons. The predicted molar refractivity (Wildman–Crippen MR) is 95.1 cm³/mol. The SMILES string of the molecule is O=C(Cc1coc(-c2ccccc2)n1)N1CCC(N2CCNCC2)C1. The fourth-order valence-electron chi connectivity index (χ4n) is 3.68. The van der Waals surface area contributed by atoms with Crippen molar-refractivity contribution < 1.29 is 9.21 Å². The third-order valence-electron chi connectivity index (χ3n) is 5.09. The number of rotatable bonds is 4. The van der Waals surface area contributed by atoms with Gasteiger partial charge in [-0.3, -0.25) is 9.69 Å². The number of nitrogens with zero attached hydrogens (tertiary/aromatic N) is 3. The highest BCUT2D eigenvalue weighted by atomic mass is 16.3. The van der Waals surface area contributed by atoms with Crippen molar-refractivity contribution in [3.05, 3.63) is 42.3 Å². The van der Waals surface area contributed by atoms with Crippen LogP contribution in [0.2, 0.25) is 0 Å². The zero-order chi connectivity index (χ0) is 17.1. The van der Waals surface area contributed by atoms with E-state index in [1.54, 1.807) is 6.26 Å². The van der Waals surface area contributed by atoms with Gasteiger partial charge >= 0.3 is 0 Å². The average molecular weight is 340 g/mol. The van der Waals surface area contributed by atoms with Gasteiger partial charge in [0.15, 0.2) is 0 Å². The summed E-state index contributed by atoms with van der Waals surface area (Å²) >= 11 is 0. The number of oxazole rings is 1. The van der Waals surface area contributed by atoms with E-state index >= 15 is 0 Å². The molecule has 2 fully saturated rings. The second-order valence-electron chi connectivity index (χ2n) is 6.76. The number of aromatic nitrogens is 1. The van der Waals surface area contributed by atoms with Gasteiger partial charge in [-0.2, -0.15) is 0 Å². The van der Waals surface area contributed by atoms with Crippen molar-refractivity contribution >= 4 is 5.91 Å². The molecule has 0 aliphatic carbocycles. The fourth-order valence-corrected chi connectivity index (χ4v) is 3.68. The molecule has 1 amide bonds. The fraction of sp³-hybridized carbons (Fsp3) is 0.474. The monoisotopic (exact) mass is 340 g/mol. The molecule has 1 unspecified atom stereocenters. The van der Waals surface area contributed by atoms with Crippen LogP contribution in [0, 0.1) is 0 Å². The van der Waals surface area contributed by atoms with Gasteiger partial charge < -0.3 is 14.6 Å². The molecule has 2 saturated heterocycles.